The Morgan fingerprint density at radius 1 is 1.17 bits per heavy atom. The van der Waals surface area contributed by atoms with E-state index in [-0.39, 0.29) is 33.8 Å². The number of halogens is 3. The van der Waals surface area contributed by atoms with Crippen LogP contribution in [0, 0.1) is 10.1 Å². The molecule has 23 heavy (non-hydrogen) atoms. The minimum absolute atomic E-state index is 0.131. The van der Waals surface area contributed by atoms with Gasteiger partial charge >= 0.3 is 0 Å². The van der Waals surface area contributed by atoms with E-state index in [9.17, 15) is 14.9 Å². The molecule has 0 atom stereocenters. The fraction of sp³-hybridized carbons (Fsp3) is 0.0714. The van der Waals surface area contributed by atoms with Gasteiger partial charge in [0.2, 0.25) is 0 Å². The van der Waals surface area contributed by atoms with Gasteiger partial charge in [0.1, 0.15) is 0 Å². The highest BCUT2D eigenvalue weighted by molar-refractivity contribution is 6.40. The van der Waals surface area contributed by atoms with Gasteiger partial charge in [-0.25, -0.2) is 0 Å². The Labute approximate surface area is 146 Å². The number of non-ortho nitro benzene ring substituents is 1. The Morgan fingerprint density at radius 3 is 2.43 bits per heavy atom. The summed E-state index contributed by atoms with van der Waals surface area (Å²) in [5.41, 5.74) is 0.147. The zero-order valence-electron chi connectivity index (χ0n) is 11.4. The quantitative estimate of drug-likeness (QED) is 0.613. The van der Waals surface area contributed by atoms with Crippen LogP contribution in [0.4, 0.5) is 11.4 Å². The maximum atomic E-state index is 11.8. The van der Waals surface area contributed by atoms with E-state index in [1.54, 1.807) is 0 Å². The number of nitrogens with one attached hydrogen (secondary N) is 1. The lowest BCUT2D eigenvalue weighted by Gasteiger charge is -2.10. The largest absolute Gasteiger partial charge is 0.481 e. The van der Waals surface area contributed by atoms with Crippen molar-refractivity contribution in [3.63, 3.8) is 0 Å². The summed E-state index contributed by atoms with van der Waals surface area (Å²) < 4.78 is 5.27. The summed E-state index contributed by atoms with van der Waals surface area (Å²) in [6.45, 7) is -0.371. The third-order valence-electron chi connectivity index (χ3n) is 2.65. The maximum absolute atomic E-state index is 11.8. The van der Waals surface area contributed by atoms with Crippen molar-refractivity contribution in [1.29, 1.82) is 0 Å². The van der Waals surface area contributed by atoms with E-state index in [2.05, 4.69) is 5.32 Å². The number of ether oxygens (including phenoxy) is 1. The molecule has 0 aliphatic carbocycles. The van der Waals surface area contributed by atoms with Gasteiger partial charge in [0, 0.05) is 22.8 Å². The molecule has 2 rings (SSSR count). The third kappa shape index (κ3) is 4.72. The van der Waals surface area contributed by atoms with Crippen molar-refractivity contribution in [2.24, 2.45) is 0 Å². The van der Waals surface area contributed by atoms with Crippen LogP contribution in [0.5, 0.6) is 5.75 Å². The van der Waals surface area contributed by atoms with Gasteiger partial charge in [-0.3, -0.25) is 14.9 Å². The Hall–Kier alpha value is -2.02. The van der Waals surface area contributed by atoms with Crippen molar-refractivity contribution in [1.82, 2.24) is 0 Å². The molecular weight excluding hydrogens is 367 g/mol. The van der Waals surface area contributed by atoms with Crippen LogP contribution in [0.2, 0.25) is 15.1 Å². The van der Waals surface area contributed by atoms with Crippen molar-refractivity contribution in [2.75, 3.05) is 11.9 Å². The molecule has 0 spiro atoms. The van der Waals surface area contributed by atoms with Crippen molar-refractivity contribution < 1.29 is 14.5 Å². The summed E-state index contributed by atoms with van der Waals surface area (Å²) in [5, 5.41) is 13.8. The normalized spacial score (nSPS) is 10.2. The van der Waals surface area contributed by atoms with Crippen LogP contribution < -0.4 is 10.1 Å². The van der Waals surface area contributed by atoms with E-state index in [1.165, 1.54) is 36.4 Å². The van der Waals surface area contributed by atoms with E-state index < -0.39 is 10.8 Å². The number of carbonyl (C=O) groups excluding carboxylic acids is 1. The number of hydrogen-bond donors (Lipinski definition) is 1. The van der Waals surface area contributed by atoms with Crippen LogP contribution in [0.25, 0.3) is 0 Å². The summed E-state index contributed by atoms with van der Waals surface area (Å²) >= 11 is 17.6. The first-order chi connectivity index (χ1) is 10.9. The number of nitro benzene ring substituents is 1. The summed E-state index contributed by atoms with van der Waals surface area (Å²) in [5.74, 6) is -0.389. The molecule has 0 aliphatic rings. The summed E-state index contributed by atoms with van der Waals surface area (Å²) in [7, 11) is 0. The molecule has 0 aliphatic heterocycles. The number of amides is 1. The number of carbonyl (C=O) groups is 1. The molecule has 0 fully saturated rings. The van der Waals surface area contributed by atoms with Gasteiger partial charge in [-0.1, -0.05) is 40.9 Å². The molecule has 0 heterocycles. The lowest BCUT2D eigenvalue weighted by Crippen LogP contribution is -2.20. The monoisotopic (exact) mass is 374 g/mol. The molecule has 2 aromatic carbocycles. The molecule has 1 amide bonds. The number of nitro groups is 1. The van der Waals surface area contributed by atoms with E-state index >= 15 is 0 Å². The molecule has 6 nitrogen and oxygen atoms in total. The predicted octanol–water partition coefficient (Wildman–Crippen LogP) is 4.57. The summed E-state index contributed by atoms with van der Waals surface area (Å²) in [6.07, 6.45) is 0. The second-order valence-electron chi connectivity index (χ2n) is 4.34. The highest BCUT2D eigenvalue weighted by Gasteiger charge is 2.12. The van der Waals surface area contributed by atoms with Gasteiger partial charge in [0.05, 0.1) is 15.0 Å². The van der Waals surface area contributed by atoms with Gasteiger partial charge in [-0.2, -0.15) is 0 Å². The van der Waals surface area contributed by atoms with Crippen molar-refractivity contribution in [3.8, 4) is 5.75 Å². The Morgan fingerprint density at radius 2 is 1.83 bits per heavy atom. The molecule has 120 valence electrons. The predicted molar refractivity (Wildman–Crippen MR) is 88.7 cm³/mol. The molecule has 0 aromatic heterocycles. The van der Waals surface area contributed by atoms with Crippen LogP contribution in [0.15, 0.2) is 36.4 Å². The molecule has 1 N–H and O–H groups in total. The average Bonchev–Trinajstić information content (AvgIpc) is 2.46. The maximum Gasteiger partial charge on any atom is 0.271 e. The van der Waals surface area contributed by atoms with Crippen molar-refractivity contribution >= 4 is 52.1 Å². The lowest BCUT2D eigenvalue weighted by molar-refractivity contribution is -0.384. The van der Waals surface area contributed by atoms with Gasteiger partial charge in [-0.05, 0) is 18.2 Å². The Bertz CT molecular complexity index is 744. The zero-order chi connectivity index (χ0) is 17.0. The van der Waals surface area contributed by atoms with E-state index in [1.807, 2.05) is 0 Å². The van der Waals surface area contributed by atoms with Crippen LogP contribution in [-0.2, 0) is 4.79 Å². The third-order valence-corrected chi connectivity index (χ3v) is 3.43. The Balaban J connectivity index is 2.01. The van der Waals surface area contributed by atoms with Crippen LogP contribution in [0.3, 0.4) is 0 Å². The van der Waals surface area contributed by atoms with Gasteiger partial charge in [0.25, 0.3) is 11.6 Å². The number of hydrogen-bond acceptors (Lipinski definition) is 4. The number of nitrogens with zero attached hydrogens (tertiary/aromatic N) is 1. The second-order valence-corrected chi connectivity index (χ2v) is 5.59. The fourth-order valence-corrected chi connectivity index (χ4v) is 2.62. The van der Waals surface area contributed by atoms with Crippen LogP contribution in [-0.4, -0.2) is 17.4 Å². The summed E-state index contributed by atoms with van der Waals surface area (Å²) in [6, 6.07) is 8.40. The first kappa shape index (κ1) is 17.3. The molecule has 9 heteroatoms. The van der Waals surface area contributed by atoms with Crippen molar-refractivity contribution in [3.05, 3.63) is 61.6 Å². The van der Waals surface area contributed by atoms with E-state index in [4.69, 9.17) is 39.5 Å². The SMILES string of the molecule is O=C(COc1c(Cl)cc(Cl)cc1Cl)Nc1cccc([N+](=O)[O-])c1. The molecule has 2 aromatic rings. The molecular formula is C14H9Cl3N2O4. The van der Waals surface area contributed by atoms with E-state index in [0.717, 1.165) is 0 Å². The molecule has 0 saturated heterocycles. The molecule has 0 saturated carbocycles. The summed E-state index contributed by atoms with van der Waals surface area (Å²) in [4.78, 5) is 22.0. The number of anilines is 1. The number of rotatable bonds is 5. The molecule has 0 radical (unpaired) electrons. The van der Waals surface area contributed by atoms with Crippen LogP contribution in [0.1, 0.15) is 0 Å². The smallest absolute Gasteiger partial charge is 0.271 e. The van der Waals surface area contributed by atoms with Gasteiger partial charge < -0.3 is 10.1 Å². The van der Waals surface area contributed by atoms with Gasteiger partial charge in [0.15, 0.2) is 12.4 Å². The highest BCUT2D eigenvalue weighted by Crippen LogP contribution is 2.35. The Kier molecular flexibility index (Phi) is 5.65. The highest BCUT2D eigenvalue weighted by atomic mass is 35.5. The minimum atomic E-state index is -0.556. The van der Waals surface area contributed by atoms with Gasteiger partial charge in [-0.15, -0.1) is 0 Å². The zero-order valence-corrected chi connectivity index (χ0v) is 13.7. The minimum Gasteiger partial charge on any atom is -0.481 e. The molecule has 0 bridgehead atoms. The van der Waals surface area contributed by atoms with Crippen LogP contribution >= 0.6 is 34.8 Å². The first-order valence-electron chi connectivity index (χ1n) is 6.18. The van der Waals surface area contributed by atoms with Crippen molar-refractivity contribution in [2.45, 2.75) is 0 Å². The average molecular weight is 376 g/mol. The first-order valence-corrected chi connectivity index (χ1v) is 7.32. The topological polar surface area (TPSA) is 81.5 Å². The number of benzene rings is 2. The standard InChI is InChI=1S/C14H9Cl3N2O4/c15-8-4-11(16)14(12(17)5-8)23-7-13(20)18-9-2-1-3-10(6-9)19(21)22/h1-6H,7H2,(H,18,20). The molecule has 0 unspecified atom stereocenters. The second kappa shape index (κ2) is 7.50. The fourth-order valence-electron chi connectivity index (χ4n) is 1.70. The lowest BCUT2D eigenvalue weighted by atomic mass is 10.3. The van der Waals surface area contributed by atoms with E-state index in [0.29, 0.717) is 5.02 Å².